The first-order valence-corrected chi connectivity index (χ1v) is 4.02. The summed E-state index contributed by atoms with van der Waals surface area (Å²) in [5.41, 5.74) is 1.96. The first kappa shape index (κ1) is 10.9. The zero-order valence-electron chi connectivity index (χ0n) is 8.07. The van der Waals surface area contributed by atoms with E-state index in [2.05, 4.69) is 5.43 Å². The Morgan fingerprint density at radius 2 is 2.00 bits per heavy atom. The van der Waals surface area contributed by atoms with Crippen LogP contribution in [0.1, 0.15) is 20.8 Å². The van der Waals surface area contributed by atoms with Gasteiger partial charge in [-0.05, 0) is 26.8 Å². The lowest BCUT2D eigenvalue weighted by Crippen LogP contribution is -2.54. The molecule has 80 valence electrons. The van der Waals surface area contributed by atoms with E-state index in [9.17, 15) is 18.0 Å². The molecule has 0 unspecified atom stereocenters. The molecule has 0 saturated heterocycles. The number of hydrazine groups is 1. The molecule has 1 aliphatic rings. The lowest BCUT2D eigenvalue weighted by Gasteiger charge is -2.31. The fraction of sp³-hybridized carbons (Fsp3) is 0.625. The van der Waals surface area contributed by atoms with Gasteiger partial charge in [-0.25, -0.2) is 5.01 Å². The van der Waals surface area contributed by atoms with E-state index >= 15 is 0 Å². The molecular formula is C8H11F3N2O. The Hall–Kier alpha value is -1.20. The fourth-order valence-corrected chi connectivity index (χ4v) is 1.39. The van der Waals surface area contributed by atoms with Crippen LogP contribution in [0.4, 0.5) is 13.2 Å². The first-order valence-electron chi connectivity index (χ1n) is 4.02. The van der Waals surface area contributed by atoms with Crippen LogP contribution in [-0.2, 0) is 4.79 Å². The number of hydrogen-bond donors (Lipinski definition) is 1. The monoisotopic (exact) mass is 208 g/mol. The van der Waals surface area contributed by atoms with E-state index in [0.717, 1.165) is 0 Å². The molecule has 1 N–H and O–H groups in total. The van der Waals surface area contributed by atoms with Gasteiger partial charge in [-0.15, -0.1) is 0 Å². The van der Waals surface area contributed by atoms with E-state index < -0.39 is 17.6 Å². The molecule has 0 spiro atoms. The maximum Gasteiger partial charge on any atom is 0.473 e. The number of carbonyl (C=O) groups excluding carboxylic acids is 1. The summed E-state index contributed by atoms with van der Waals surface area (Å²) >= 11 is 0. The molecule has 1 heterocycles. The van der Waals surface area contributed by atoms with Gasteiger partial charge in [0.1, 0.15) is 0 Å². The summed E-state index contributed by atoms with van der Waals surface area (Å²) in [4.78, 5) is 10.9. The molecule has 0 aromatic carbocycles. The summed E-state index contributed by atoms with van der Waals surface area (Å²) in [6.07, 6.45) is -3.28. The molecule has 0 radical (unpaired) electrons. The van der Waals surface area contributed by atoms with Crippen molar-refractivity contribution < 1.29 is 18.0 Å². The summed E-state index contributed by atoms with van der Waals surface area (Å²) in [5.74, 6) is -1.88. The van der Waals surface area contributed by atoms with Crippen molar-refractivity contribution in [1.82, 2.24) is 10.4 Å². The minimum Gasteiger partial charge on any atom is -0.300 e. The average Bonchev–Trinajstić information content (AvgIpc) is 2.20. The van der Waals surface area contributed by atoms with Crippen molar-refractivity contribution in [2.75, 3.05) is 0 Å². The Bertz CT molecular complexity index is 293. The minimum atomic E-state index is -4.84. The highest BCUT2D eigenvalue weighted by Gasteiger charge is 2.48. The van der Waals surface area contributed by atoms with Crippen molar-refractivity contribution in [1.29, 1.82) is 0 Å². The number of alkyl halides is 3. The van der Waals surface area contributed by atoms with Crippen molar-refractivity contribution in [2.45, 2.75) is 32.5 Å². The highest BCUT2D eigenvalue weighted by atomic mass is 19.4. The molecule has 1 amide bonds. The normalized spacial score (nSPS) is 20.4. The molecule has 0 aliphatic carbocycles. The second-order valence-corrected chi connectivity index (χ2v) is 3.73. The van der Waals surface area contributed by atoms with Gasteiger partial charge in [-0.1, -0.05) is 0 Å². The van der Waals surface area contributed by atoms with Crippen molar-refractivity contribution in [3.8, 4) is 0 Å². The molecule has 0 bridgehead atoms. The van der Waals surface area contributed by atoms with Crippen molar-refractivity contribution in [3.05, 3.63) is 11.8 Å². The molecule has 0 aromatic rings. The topological polar surface area (TPSA) is 32.3 Å². The summed E-state index contributed by atoms with van der Waals surface area (Å²) in [6.45, 7) is 4.66. The molecule has 0 saturated carbocycles. The number of nitrogens with zero attached hydrogens (tertiary/aromatic N) is 1. The zero-order chi connectivity index (χ0) is 11.1. The second kappa shape index (κ2) is 2.90. The van der Waals surface area contributed by atoms with Gasteiger partial charge in [0.15, 0.2) is 0 Å². The van der Waals surface area contributed by atoms with Crippen LogP contribution >= 0.6 is 0 Å². The summed E-state index contributed by atoms with van der Waals surface area (Å²) in [7, 11) is 0. The third-order valence-corrected chi connectivity index (χ3v) is 1.88. The Labute approximate surface area is 79.5 Å². The quantitative estimate of drug-likeness (QED) is 0.655. The Kier molecular flexibility index (Phi) is 2.25. The third-order valence-electron chi connectivity index (χ3n) is 1.88. The lowest BCUT2D eigenvalue weighted by molar-refractivity contribution is -0.191. The fourth-order valence-electron chi connectivity index (χ4n) is 1.39. The van der Waals surface area contributed by atoms with Crippen LogP contribution in [0, 0.1) is 0 Å². The van der Waals surface area contributed by atoms with Gasteiger partial charge in [-0.3, -0.25) is 10.2 Å². The van der Waals surface area contributed by atoms with Crippen LogP contribution in [0.25, 0.3) is 0 Å². The van der Waals surface area contributed by atoms with Gasteiger partial charge in [-0.2, -0.15) is 13.2 Å². The SMILES string of the molecule is CC1=CC(C)(C)N(C(=O)C(F)(F)F)N1. The molecule has 1 rings (SSSR count). The van der Waals surface area contributed by atoms with Crippen LogP contribution in [0.15, 0.2) is 11.8 Å². The smallest absolute Gasteiger partial charge is 0.300 e. The van der Waals surface area contributed by atoms with E-state index in [4.69, 9.17) is 0 Å². The largest absolute Gasteiger partial charge is 0.473 e. The molecule has 6 heteroatoms. The highest BCUT2D eigenvalue weighted by Crippen LogP contribution is 2.28. The van der Waals surface area contributed by atoms with Crippen molar-refractivity contribution in [2.24, 2.45) is 0 Å². The van der Waals surface area contributed by atoms with Crippen LogP contribution in [-0.4, -0.2) is 22.6 Å². The minimum absolute atomic E-state index is 0.535. The highest BCUT2D eigenvalue weighted by molar-refractivity contribution is 5.83. The summed E-state index contributed by atoms with van der Waals surface area (Å²) < 4.78 is 36.4. The lowest BCUT2D eigenvalue weighted by atomic mass is 10.1. The first-order chi connectivity index (χ1) is 6.14. The van der Waals surface area contributed by atoms with E-state index in [0.29, 0.717) is 10.7 Å². The Morgan fingerprint density at radius 3 is 2.29 bits per heavy atom. The van der Waals surface area contributed by atoms with Crippen LogP contribution in [0.5, 0.6) is 0 Å². The van der Waals surface area contributed by atoms with E-state index in [1.165, 1.54) is 13.8 Å². The number of amides is 1. The van der Waals surface area contributed by atoms with Crippen molar-refractivity contribution in [3.63, 3.8) is 0 Å². The van der Waals surface area contributed by atoms with Gasteiger partial charge < -0.3 is 0 Å². The molecule has 3 nitrogen and oxygen atoms in total. The van der Waals surface area contributed by atoms with Crippen molar-refractivity contribution >= 4 is 5.91 Å². The molecule has 1 aliphatic heterocycles. The predicted molar refractivity (Wildman–Crippen MR) is 43.9 cm³/mol. The van der Waals surface area contributed by atoms with Gasteiger partial charge >= 0.3 is 12.1 Å². The molecule has 0 fully saturated rings. The number of nitrogens with one attached hydrogen (secondary N) is 1. The van der Waals surface area contributed by atoms with Gasteiger partial charge in [0.2, 0.25) is 0 Å². The van der Waals surface area contributed by atoms with Crippen LogP contribution < -0.4 is 5.43 Å². The number of halogens is 3. The molecule has 0 aromatic heterocycles. The van der Waals surface area contributed by atoms with Gasteiger partial charge in [0, 0.05) is 5.70 Å². The predicted octanol–water partition coefficient (Wildman–Crippen LogP) is 1.58. The maximum absolute atomic E-state index is 12.1. The third kappa shape index (κ3) is 1.83. The number of carbonyl (C=O) groups is 1. The Morgan fingerprint density at radius 1 is 1.50 bits per heavy atom. The summed E-state index contributed by atoms with van der Waals surface area (Å²) in [6, 6.07) is 0. The van der Waals surface area contributed by atoms with E-state index in [1.807, 2.05) is 0 Å². The summed E-state index contributed by atoms with van der Waals surface area (Å²) in [5, 5.41) is 0.586. The zero-order valence-corrected chi connectivity index (χ0v) is 8.07. The molecule has 0 atom stereocenters. The van der Waals surface area contributed by atoms with Crippen LogP contribution in [0.3, 0.4) is 0 Å². The maximum atomic E-state index is 12.1. The second-order valence-electron chi connectivity index (χ2n) is 3.73. The van der Waals surface area contributed by atoms with Gasteiger partial charge in [0.05, 0.1) is 5.54 Å². The van der Waals surface area contributed by atoms with Crippen LogP contribution in [0.2, 0.25) is 0 Å². The number of allylic oxidation sites excluding steroid dienone is 1. The van der Waals surface area contributed by atoms with E-state index in [1.54, 1.807) is 13.0 Å². The van der Waals surface area contributed by atoms with E-state index in [-0.39, 0.29) is 0 Å². The average molecular weight is 208 g/mol. The molecular weight excluding hydrogens is 197 g/mol. The number of hydrogen-bond acceptors (Lipinski definition) is 2. The number of rotatable bonds is 0. The molecule has 14 heavy (non-hydrogen) atoms. The standard InChI is InChI=1S/C8H11F3N2O/c1-5-4-7(2,3)13(12-5)6(14)8(9,10)11/h4,12H,1-3H3. The van der Waals surface area contributed by atoms with Gasteiger partial charge in [0.25, 0.3) is 0 Å². The Balaban J connectivity index is 2.89.